The average Bonchev–Trinajstić information content (AvgIpc) is 3.00. The van der Waals surface area contributed by atoms with Gasteiger partial charge in [0.2, 0.25) is 5.91 Å². The Morgan fingerprint density at radius 1 is 1.07 bits per heavy atom. The summed E-state index contributed by atoms with van der Waals surface area (Å²) in [6.07, 6.45) is 2.23. The molecular weight excluding hydrogens is 376 g/mol. The molecular formula is C25H32N2O3. The molecule has 30 heavy (non-hydrogen) atoms. The number of aryl methyl sites for hydroxylation is 1. The summed E-state index contributed by atoms with van der Waals surface area (Å²) in [6.45, 7) is 5.97. The topological polar surface area (TPSA) is 72.6 Å². The van der Waals surface area contributed by atoms with Crippen molar-refractivity contribution in [3.8, 4) is 0 Å². The molecule has 1 amide bonds. The van der Waals surface area contributed by atoms with Crippen LogP contribution >= 0.6 is 0 Å². The minimum atomic E-state index is -0.952. The number of carbonyl (C=O) groups is 2. The van der Waals surface area contributed by atoms with Crippen LogP contribution in [0.5, 0.6) is 0 Å². The minimum Gasteiger partial charge on any atom is -0.458 e. The van der Waals surface area contributed by atoms with E-state index < -0.39 is 17.2 Å². The molecule has 2 aromatic carbocycles. The number of nitrogens with zero attached hydrogens (tertiary/aromatic N) is 1. The Labute approximate surface area is 179 Å². The van der Waals surface area contributed by atoms with Crippen molar-refractivity contribution in [1.29, 1.82) is 0 Å². The van der Waals surface area contributed by atoms with E-state index in [0.29, 0.717) is 25.8 Å². The number of amides is 1. The van der Waals surface area contributed by atoms with E-state index >= 15 is 0 Å². The number of esters is 1. The molecule has 0 bridgehead atoms. The van der Waals surface area contributed by atoms with E-state index in [1.807, 2.05) is 81.4 Å². The summed E-state index contributed by atoms with van der Waals surface area (Å²) >= 11 is 0. The molecule has 2 aromatic rings. The van der Waals surface area contributed by atoms with Crippen LogP contribution in [0, 0.1) is 0 Å². The van der Waals surface area contributed by atoms with Crippen LogP contribution in [0.4, 0.5) is 0 Å². The number of benzene rings is 2. The van der Waals surface area contributed by atoms with Crippen LogP contribution in [0.15, 0.2) is 60.7 Å². The fourth-order valence-electron chi connectivity index (χ4n) is 3.88. The van der Waals surface area contributed by atoms with Crippen molar-refractivity contribution in [2.45, 2.75) is 63.6 Å². The molecule has 0 spiro atoms. The predicted octanol–water partition coefficient (Wildman–Crippen LogP) is 3.50. The Bertz CT molecular complexity index is 861. The van der Waals surface area contributed by atoms with Crippen molar-refractivity contribution in [3.63, 3.8) is 0 Å². The van der Waals surface area contributed by atoms with Gasteiger partial charge < -0.3 is 15.4 Å². The third-order valence-corrected chi connectivity index (χ3v) is 5.52. The summed E-state index contributed by atoms with van der Waals surface area (Å²) in [5.41, 5.74) is 7.12. The summed E-state index contributed by atoms with van der Waals surface area (Å²) in [4.78, 5) is 28.0. The lowest BCUT2D eigenvalue weighted by Crippen LogP contribution is -2.53. The van der Waals surface area contributed by atoms with Crippen LogP contribution < -0.4 is 5.73 Å². The summed E-state index contributed by atoms with van der Waals surface area (Å²) in [7, 11) is 0. The van der Waals surface area contributed by atoms with E-state index in [1.165, 1.54) is 0 Å². The average molecular weight is 409 g/mol. The van der Waals surface area contributed by atoms with Crippen LogP contribution in [0.2, 0.25) is 0 Å². The normalized spacial score (nSPS) is 20.3. The van der Waals surface area contributed by atoms with Gasteiger partial charge in [0, 0.05) is 13.0 Å². The lowest BCUT2D eigenvalue weighted by molar-refractivity contribution is -0.164. The molecule has 1 unspecified atom stereocenters. The highest BCUT2D eigenvalue weighted by atomic mass is 16.6. The second-order valence-corrected chi connectivity index (χ2v) is 9.13. The third-order valence-electron chi connectivity index (χ3n) is 5.52. The number of rotatable bonds is 7. The highest BCUT2D eigenvalue weighted by molar-refractivity contribution is 5.92. The molecule has 0 aromatic heterocycles. The molecule has 2 atom stereocenters. The number of likely N-dealkylation sites (tertiary alicyclic amines) is 1. The van der Waals surface area contributed by atoms with Gasteiger partial charge in [-0.15, -0.1) is 0 Å². The maximum Gasteiger partial charge on any atom is 0.329 e. The molecule has 0 radical (unpaired) electrons. The minimum absolute atomic E-state index is 0.162. The zero-order valence-electron chi connectivity index (χ0n) is 18.1. The van der Waals surface area contributed by atoms with Gasteiger partial charge in [0.1, 0.15) is 11.6 Å². The fraction of sp³-hybridized carbons (Fsp3) is 0.440. The van der Waals surface area contributed by atoms with E-state index in [2.05, 4.69) is 0 Å². The SMILES string of the molecule is CC(C)(C)OC(=O)[C@H](Cc1ccccc1)N1CCC(N)(CCc2ccccc2)C1=O. The molecule has 160 valence electrons. The maximum absolute atomic E-state index is 13.3. The standard InChI is InChI=1S/C25H32N2O3/c1-24(2,3)30-22(28)21(18-20-12-8-5-9-13-20)27-17-16-25(26,23(27)29)15-14-19-10-6-4-7-11-19/h4-13,21H,14-18,26H2,1-3H3/t21-,25?/m0/s1. The first-order chi connectivity index (χ1) is 14.2. The third kappa shape index (κ3) is 5.48. The first-order valence-electron chi connectivity index (χ1n) is 10.6. The first kappa shape index (κ1) is 22.0. The molecule has 1 saturated heterocycles. The Hall–Kier alpha value is -2.66. The highest BCUT2D eigenvalue weighted by Gasteiger charge is 2.47. The van der Waals surface area contributed by atoms with Gasteiger partial charge in [-0.3, -0.25) is 4.79 Å². The predicted molar refractivity (Wildman–Crippen MR) is 118 cm³/mol. The molecule has 5 heteroatoms. The lowest BCUT2D eigenvalue weighted by Gasteiger charge is -2.31. The summed E-state index contributed by atoms with van der Waals surface area (Å²) in [5, 5.41) is 0. The number of ether oxygens (including phenoxy) is 1. The lowest BCUT2D eigenvalue weighted by atomic mass is 9.90. The van der Waals surface area contributed by atoms with E-state index in [-0.39, 0.29) is 11.9 Å². The Balaban J connectivity index is 1.77. The fourth-order valence-corrected chi connectivity index (χ4v) is 3.88. The van der Waals surface area contributed by atoms with Gasteiger partial charge in [-0.05, 0) is 51.2 Å². The van der Waals surface area contributed by atoms with Gasteiger partial charge in [0.05, 0.1) is 5.54 Å². The molecule has 1 heterocycles. The Morgan fingerprint density at radius 2 is 1.63 bits per heavy atom. The van der Waals surface area contributed by atoms with Crippen LogP contribution in [-0.4, -0.2) is 40.5 Å². The monoisotopic (exact) mass is 408 g/mol. The Morgan fingerprint density at radius 3 is 2.20 bits per heavy atom. The quantitative estimate of drug-likeness (QED) is 0.712. The molecule has 3 rings (SSSR count). The maximum atomic E-state index is 13.3. The molecule has 0 saturated carbocycles. The zero-order chi connectivity index (χ0) is 21.8. The second kappa shape index (κ2) is 9.00. The number of carbonyl (C=O) groups excluding carboxylic acids is 2. The molecule has 1 aliphatic heterocycles. The molecule has 5 nitrogen and oxygen atoms in total. The zero-order valence-corrected chi connectivity index (χ0v) is 18.1. The van der Waals surface area contributed by atoms with Gasteiger partial charge in [-0.1, -0.05) is 60.7 Å². The largest absolute Gasteiger partial charge is 0.458 e. The molecule has 1 aliphatic rings. The molecule has 2 N–H and O–H groups in total. The van der Waals surface area contributed by atoms with Crippen molar-refractivity contribution >= 4 is 11.9 Å². The second-order valence-electron chi connectivity index (χ2n) is 9.13. The summed E-state index contributed by atoms with van der Waals surface area (Å²) in [5.74, 6) is -0.544. The van der Waals surface area contributed by atoms with Gasteiger partial charge >= 0.3 is 5.97 Å². The first-order valence-corrected chi connectivity index (χ1v) is 10.6. The highest BCUT2D eigenvalue weighted by Crippen LogP contribution is 2.29. The molecule has 1 fully saturated rings. The van der Waals surface area contributed by atoms with Crippen LogP contribution in [0.1, 0.15) is 44.7 Å². The van der Waals surface area contributed by atoms with Crippen LogP contribution in [0.3, 0.4) is 0 Å². The van der Waals surface area contributed by atoms with Crippen molar-refractivity contribution < 1.29 is 14.3 Å². The van der Waals surface area contributed by atoms with Crippen molar-refractivity contribution in [1.82, 2.24) is 4.90 Å². The van der Waals surface area contributed by atoms with E-state index in [0.717, 1.165) is 17.5 Å². The van der Waals surface area contributed by atoms with E-state index in [9.17, 15) is 9.59 Å². The number of hydrogen-bond acceptors (Lipinski definition) is 4. The van der Waals surface area contributed by atoms with E-state index in [1.54, 1.807) is 4.90 Å². The molecule has 0 aliphatic carbocycles. The van der Waals surface area contributed by atoms with Gasteiger partial charge in [0.25, 0.3) is 0 Å². The summed E-state index contributed by atoms with van der Waals surface area (Å²) in [6, 6.07) is 19.1. The number of nitrogens with two attached hydrogens (primary N) is 1. The van der Waals surface area contributed by atoms with Crippen molar-refractivity contribution in [2.24, 2.45) is 5.73 Å². The summed E-state index contributed by atoms with van der Waals surface area (Å²) < 4.78 is 5.66. The Kier molecular flexibility index (Phi) is 6.61. The van der Waals surface area contributed by atoms with Crippen molar-refractivity contribution in [3.05, 3.63) is 71.8 Å². The number of hydrogen-bond donors (Lipinski definition) is 1. The van der Waals surface area contributed by atoms with E-state index in [4.69, 9.17) is 10.5 Å². The van der Waals surface area contributed by atoms with Gasteiger partial charge in [-0.25, -0.2) is 4.79 Å². The van der Waals surface area contributed by atoms with Crippen LogP contribution in [0.25, 0.3) is 0 Å². The van der Waals surface area contributed by atoms with Gasteiger partial charge in [0.15, 0.2) is 0 Å². The van der Waals surface area contributed by atoms with Gasteiger partial charge in [-0.2, -0.15) is 0 Å². The van der Waals surface area contributed by atoms with Crippen molar-refractivity contribution in [2.75, 3.05) is 6.54 Å². The smallest absolute Gasteiger partial charge is 0.329 e. The van der Waals surface area contributed by atoms with Crippen LogP contribution in [-0.2, 0) is 27.2 Å².